The molecule has 7 nitrogen and oxygen atoms in total. The first-order valence-corrected chi connectivity index (χ1v) is 10.4. The molecule has 2 aliphatic rings. The molecule has 0 atom stereocenters. The van der Waals surface area contributed by atoms with Crippen LogP contribution in [0.15, 0.2) is 42.7 Å². The minimum absolute atomic E-state index is 0.0521. The van der Waals surface area contributed by atoms with Crippen LogP contribution in [0, 0.1) is 17.5 Å². The summed E-state index contributed by atoms with van der Waals surface area (Å²) < 4.78 is 0. The number of carbonyl (C=O) groups is 1. The first kappa shape index (κ1) is 19.3. The van der Waals surface area contributed by atoms with E-state index in [2.05, 4.69) is 37.4 Å². The van der Waals surface area contributed by atoms with Gasteiger partial charge in [0.05, 0.1) is 41.5 Å². The number of nitriles is 1. The van der Waals surface area contributed by atoms with Gasteiger partial charge < -0.3 is 5.32 Å². The summed E-state index contributed by atoms with van der Waals surface area (Å²) in [5.41, 5.74) is 6.04. The van der Waals surface area contributed by atoms with Crippen molar-refractivity contribution in [3.8, 4) is 28.6 Å². The maximum Gasteiger partial charge on any atom is 0.234 e. The van der Waals surface area contributed by atoms with Crippen molar-refractivity contribution < 1.29 is 4.79 Å². The van der Waals surface area contributed by atoms with Gasteiger partial charge in [-0.3, -0.25) is 19.7 Å². The lowest BCUT2D eigenvalue weighted by atomic mass is 9.95. The molecular weight excluding hydrogens is 388 g/mol. The molecule has 1 saturated carbocycles. The number of carbonyl (C=O) groups excluding carboxylic acids is 1. The number of amides is 1. The highest BCUT2D eigenvalue weighted by molar-refractivity contribution is 5.82. The molecule has 153 valence electrons. The summed E-state index contributed by atoms with van der Waals surface area (Å²) in [7, 11) is 0. The Bertz CT molecular complexity index is 1160. The van der Waals surface area contributed by atoms with Gasteiger partial charge in [-0.1, -0.05) is 0 Å². The highest BCUT2D eigenvalue weighted by Gasteiger charge is 2.29. The van der Waals surface area contributed by atoms with Crippen LogP contribution < -0.4 is 5.32 Å². The third kappa shape index (κ3) is 4.16. The van der Waals surface area contributed by atoms with Crippen molar-refractivity contribution in [2.24, 2.45) is 0 Å². The number of hydrogen-bond acceptors (Lipinski definition) is 6. The van der Waals surface area contributed by atoms with Gasteiger partial charge in [-0.25, -0.2) is 4.98 Å². The molecule has 3 aromatic heterocycles. The van der Waals surface area contributed by atoms with E-state index in [1.54, 1.807) is 12.3 Å². The van der Waals surface area contributed by atoms with Crippen molar-refractivity contribution in [1.82, 2.24) is 25.2 Å². The zero-order valence-corrected chi connectivity index (χ0v) is 17.0. The molecule has 3 aromatic rings. The van der Waals surface area contributed by atoms with Crippen molar-refractivity contribution in [2.45, 2.75) is 25.3 Å². The van der Waals surface area contributed by atoms with Gasteiger partial charge in [0.15, 0.2) is 0 Å². The Morgan fingerprint density at radius 2 is 2.16 bits per heavy atom. The SMILES string of the molecule is N#Cc1ccnc(-c2c(C3CC3)c[c]nc2-c2ccc(CN3CCNC(=O)C3)nc2)c1. The van der Waals surface area contributed by atoms with E-state index in [0.717, 1.165) is 47.6 Å². The van der Waals surface area contributed by atoms with Crippen LogP contribution in [-0.2, 0) is 11.3 Å². The Hall–Kier alpha value is -3.63. The lowest BCUT2D eigenvalue weighted by Crippen LogP contribution is -2.47. The average molecular weight is 409 g/mol. The number of aromatic nitrogens is 3. The number of nitrogens with zero attached hydrogens (tertiary/aromatic N) is 5. The fourth-order valence-corrected chi connectivity index (χ4v) is 3.98. The largest absolute Gasteiger partial charge is 0.354 e. The minimum Gasteiger partial charge on any atom is -0.354 e. The molecule has 1 radical (unpaired) electrons. The van der Waals surface area contributed by atoms with Crippen LogP contribution in [0.5, 0.6) is 0 Å². The second kappa shape index (κ2) is 8.25. The predicted molar refractivity (Wildman–Crippen MR) is 115 cm³/mol. The van der Waals surface area contributed by atoms with Crippen LogP contribution in [0.2, 0.25) is 0 Å². The van der Waals surface area contributed by atoms with Crippen LogP contribution in [0.3, 0.4) is 0 Å². The first-order chi connectivity index (χ1) is 15.2. The molecule has 31 heavy (non-hydrogen) atoms. The smallest absolute Gasteiger partial charge is 0.234 e. The maximum atomic E-state index is 11.6. The van der Waals surface area contributed by atoms with Crippen LogP contribution in [-0.4, -0.2) is 45.4 Å². The minimum atomic E-state index is 0.0521. The molecule has 0 unspecified atom stereocenters. The molecule has 7 heteroatoms. The van der Waals surface area contributed by atoms with Crippen LogP contribution >= 0.6 is 0 Å². The molecule has 5 rings (SSSR count). The number of nitrogens with one attached hydrogen (secondary N) is 1. The Morgan fingerprint density at radius 3 is 2.90 bits per heavy atom. The van der Waals surface area contributed by atoms with Crippen molar-refractivity contribution in [3.05, 3.63) is 65.7 Å². The van der Waals surface area contributed by atoms with E-state index in [9.17, 15) is 10.1 Å². The van der Waals surface area contributed by atoms with E-state index >= 15 is 0 Å². The number of pyridine rings is 3. The van der Waals surface area contributed by atoms with Gasteiger partial charge in [0, 0.05) is 43.2 Å². The van der Waals surface area contributed by atoms with Gasteiger partial charge in [-0.15, -0.1) is 0 Å². The number of rotatable bonds is 5. The van der Waals surface area contributed by atoms with E-state index in [-0.39, 0.29) is 5.91 Å². The second-order valence-electron chi connectivity index (χ2n) is 7.98. The summed E-state index contributed by atoms with van der Waals surface area (Å²) in [6.45, 7) is 2.52. The van der Waals surface area contributed by atoms with E-state index in [0.29, 0.717) is 31.1 Å². The van der Waals surface area contributed by atoms with Crippen molar-refractivity contribution >= 4 is 5.91 Å². The van der Waals surface area contributed by atoms with E-state index in [4.69, 9.17) is 0 Å². The Balaban J connectivity index is 1.49. The lowest BCUT2D eigenvalue weighted by Gasteiger charge is -2.26. The van der Waals surface area contributed by atoms with Gasteiger partial charge in [-0.2, -0.15) is 5.26 Å². The summed E-state index contributed by atoms with van der Waals surface area (Å²) >= 11 is 0. The Morgan fingerprint density at radius 1 is 1.26 bits per heavy atom. The van der Waals surface area contributed by atoms with Crippen molar-refractivity contribution in [2.75, 3.05) is 19.6 Å². The third-order valence-electron chi connectivity index (χ3n) is 5.69. The molecule has 1 aliphatic heterocycles. The quantitative estimate of drug-likeness (QED) is 0.696. The zero-order chi connectivity index (χ0) is 21.2. The molecular formula is C24H21N6O. The number of piperazine rings is 1. The number of hydrogen-bond donors (Lipinski definition) is 1. The summed E-state index contributed by atoms with van der Waals surface area (Å²) in [6, 6.07) is 11.7. The maximum absolute atomic E-state index is 11.6. The van der Waals surface area contributed by atoms with Crippen LogP contribution in [0.4, 0.5) is 0 Å². The van der Waals surface area contributed by atoms with E-state index in [1.165, 1.54) is 5.56 Å². The fourth-order valence-electron chi connectivity index (χ4n) is 3.98. The zero-order valence-electron chi connectivity index (χ0n) is 17.0. The van der Waals surface area contributed by atoms with Gasteiger partial charge in [0.2, 0.25) is 5.91 Å². The molecule has 0 spiro atoms. The van der Waals surface area contributed by atoms with Crippen LogP contribution in [0.25, 0.3) is 22.5 Å². The normalized spacial score (nSPS) is 16.5. The van der Waals surface area contributed by atoms with E-state index < -0.39 is 0 Å². The van der Waals surface area contributed by atoms with Gasteiger partial charge in [-0.05, 0) is 54.7 Å². The van der Waals surface area contributed by atoms with Gasteiger partial charge >= 0.3 is 0 Å². The van der Waals surface area contributed by atoms with Crippen molar-refractivity contribution in [1.29, 1.82) is 5.26 Å². The Labute approximate surface area is 180 Å². The standard InChI is InChI=1S/C24H21N6O/c25-12-16-5-7-26-21(11-16)23-20(17-1-2-17)6-8-28-24(23)18-3-4-19(29-13-18)14-30-10-9-27-22(31)15-30/h3-7,11,13,17H,1-2,9-10,14-15H2,(H,27,31). The van der Waals surface area contributed by atoms with Gasteiger partial charge in [0.25, 0.3) is 0 Å². The third-order valence-corrected chi connectivity index (χ3v) is 5.69. The van der Waals surface area contributed by atoms with Crippen molar-refractivity contribution in [3.63, 3.8) is 0 Å². The fraction of sp³-hybridized carbons (Fsp3) is 0.292. The highest BCUT2D eigenvalue weighted by Crippen LogP contribution is 2.46. The molecule has 0 bridgehead atoms. The lowest BCUT2D eigenvalue weighted by molar-refractivity contribution is -0.124. The molecule has 0 aromatic carbocycles. The van der Waals surface area contributed by atoms with Gasteiger partial charge in [0.1, 0.15) is 0 Å². The monoisotopic (exact) mass is 409 g/mol. The van der Waals surface area contributed by atoms with E-state index in [1.807, 2.05) is 30.5 Å². The van der Waals surface area contributed by atoms with Crippen LogP contribution in [0.1, 0.15) is 35.6 Å². The molecule has 1 amide bonds. The molecule has 4 heterocycles. The highest BCUT2D eigenvalue weighted by atomic mass is 16.2. The molecule has 1 saturated heterocycles. The summed E-state index contributed by atoms with van der Waals surface area (Å²) in [5, 5.41) is 12.2. The molecule has 1 aliphatic carbocycles. The molecule has 2 fully saturated rings. The first-order valence-electron chi connectivity index (χ1n) is 10.4. The summed E-state index contributed by atoms with van der Waals surface area (Å²) in [4.78, 5) is 27.4. The topological polar surface area (TPSA) is 94.8 Å². The predicted octanol–water partition coefficient (Wildman–Crippen LogP) is 2.69. The Kier molecular flexibility index (Phi) is 5.14. The molecule has 1 N–H and O–H groups in total. The second-order valence-corrected chi connectivity index (χ2v) is 7.98. The average Bonchev–Trinajstić information content (AvgIpc) is 3.65. The summed E-state index contributed by atoms with van der Waals surface area (Å²) in [6.07, 6.45) is 8.82. The summed E-state index contributed by atoms with van der Waals surface area (Å²) in [5.74, 6) is 0.536.